The molecule has 27 heteroatoms. The summed E-state index contributed by atoms with van der Waals surface area (Å²) in [6.07, 6.45) is 21.0. The van der Waals surface area contributed by atoms with Crippen LogP contribution >= 0.6 is 11.8 Å². The molecule has 1 heterocycles. The Bertz CT molecular complexity index is 2590. The number of unbranched alkanes of at least 4 members (excludes halogenated alkanes) is 13. The van der Waals surface area contributed by atoms with Crippen molar-refractivity contribution in [2.24, 2.45) is 34.8 Å². The van der Waals surface area contributed by atoms with E-state index < -0.39 is 95.6 Å². The van der Waals surface area contributed by atoms with Gasteiger partial charge in [0.05, 0.1) is 0 Å². The molecule has 2 aromatic rings. The minimum absolute atomic E-state index is 0.0205. The quantitative estimate of drug-likeness (QED) is 0.0252. The fourth-order valence-corrected chi connectivity index (χ4v) is 11.1. The Kier molecular flexibility index (Phi) is 41.2. The van der Waals surface area contributed by atoms with Gasteiger partial charge in [-0.05, 0) is 113 Å². The van der Waals surface area contributed by atoms with Gasteiger partial charge in [0.25, 0.3) is 0 Å². The largest absolute Gasteiger partial charge is 0.370 e. The molecule has 1 aromatic heterocycles. The van der Waals surface area contributed by atoms with Gasteiger partial charge in [0, 0.05) is 43.0 Å². The van der Waals surface area contributed by atoms with Crippen molar-refractivity contribution in [2.45, 2.75) is 250 Å². The van der Waals surface area contributed by atoms with Crippen molar-refractivity contribution >= 4 is 87.7 Å². The smallest absolute Gasteiger partial charge is 0.243 e. The number of thioether (sulfide) groups is 1. The van der Waals surface area contributed by atoms with E-state index in [0.29, 0.717) is 43.4 Å². The third-order valence-electron chi connectivity index (χ3n) is 16.2. The second-order valence-corrected chi connectivity index (χ2v) is 25.6. The molecule has 0 aliphatic heterocycles. The molecule has 0 saturated carbocycles. The van der Waals surface area contributed by atoms with E-state index in [1.165, 1.54) is 70.1 Å². The third kappa shape index (κ3) is 33.4. The van der Waals surface area contributed by atoms with Crippen LogP contribution in [0.4, 0.5) is 0 Å². The number of nitrogens with two attached hydrogens (primary N) is 4. The molecule has 21 N–H and O–H groups in total. The molecule has 520 valence electrons. The Labute approximate surface area is 550 Å². The van der Waals surface area contributed by atoms with Gasteiger partial charge in [-0.3, -0.25) is 54.0 Å². The molecule has 0 radical (unpaired) electrons. The zero-order valence-electron chi connectivity index (χ0n) is 56.1. The summed E-state index contributed by atoms with van der Waals surface area (Å²) >= 11 is 1.42. The van der Waals surface area contributed by atoms with E-state index in [1.54, 1.807) is 13.1 Å². The number of aromatic nitrogens is 1. The van der Waals surface area contributed by atoms with Crippen molar-refractivity contribution in [1.82, 2.24) is 58.2 Å². The first kappa shape index (κ1) is 80.9. The van der Waals surface area contributed by atoms with Crippen molar-refractivity contribution in [1.29, 1.82) is 10.8 Å². The summed E-state index contributed by atoms with van der Waals surface area (Å²) in [6.45, 7) is 11.7. The van der Waals surface area contributed by atoms with Crippen molar-refractivity contribution in [2.75, 3.05) is 31.6 Å². The number of rotatable bonds is 51. The first-order valence-electron chi connectivity index (χ1n) is 33.6. The molecule has 0 saturated heterocycles. The van der Waals surface area contributed by atoms with Gasteiger partial charge in [-0.2, -0.15) is 11.8 Å². The highest BCUT2D eigenvalue weighted by Gasteiger charge is 2.35. The van der Waals surface area contributed by atoms with Gasteiger partial charge in [0.1, 0.15) is 48.3 Å². The van der Waals surface area contributed by atoms with E-state index in [1.807, 2.05) is 51.3 Å². The first-order chi connectivity index (χ1) is 44.0. The zero-order chi connectivity index (χ0) is 68.4. The molecule has 0 aliphatic carbocycles. The van der Waals surface area contributed by atoms with E-state index in [-0.39, 0.29) is 101 Å². The van der Waals surface area contributed by atoms with Crippen LogP contribution in [0.1, 0.15) is 201 Å². The molecule has 92 heavy (non-hydrogen) atoms. The average Bonchev–Trinajstić information content (AvgIpc) is 1.73. The SMILES string of the molecule is CCCCCCCCCCCCCCCC(=O)N[C@@H](CCCNC(=N)N)C(=O)N[C@@H](CC(C)C)C(=O)N[C@@H](CCCNC(=N)N)C(=O)N[C@@H](CCCCN)C(=O)N[C@@H](Cc1c[nH]c2ccccc12)C(=O)N[C@@H](CCSC)C(=O)N[C@@H](C)C(=O)N[C@H](C(N)=O)[C@@H](C)CC. The Morgan fingerprint density at radius 1 is 0.522 bits per heavy atom. The Morgan fingerprint density at radius 2 is 0.978 bits per heavy atom. The van der Waals surface area contributed by atoms with E-state index in [2.05, 4.69) is 65.1 Å². The number of primary amides is 1. The van der Waals surface area contributed by atoms with E-state index in [4.69, 9.17) is 33.8 Å². The molecular weight excluding hydrogens is 1190 g/mol. The molecule has 1 aromatic carbocycles. The summed E-state index contributed by atoms with van der Waals surface area (Å²) in [5, 5.41) is 43.8. The molecule has 0 unspecified atom stereocenters. The van der Waals surface area contributed by atoms with Gasteiger partial charge < -0.3 is 81.1 Å². The van der Waals surface area contributed by atoms with Gasteiger partial charge in [0.15, 0.2) is 11.9 Å². The normalized spacial score (nSPS) is 14.2. The molecule has 0 bridgehead atoms. The van der Waals surface area contributed by atoms with Gasteiger partial charge >= 0.3 is 0 Å². The summed E-state index contributed by atoms with van der Waals surface area (Å²) in [5.74, 6) is -6.56. The highest BCUT2D eigenvalue weighted by atomic mass is 32.2. The Balaban J connectivity index is 2.45. The van der Waals surface area contributed by atoms with Gasteiger partial charge in [0.2, 0.25) is 53.2 Å². The minimum Gasteiger partial charge on any atom is -0.370 e. The van der Waals surface area contributed by atoms with Crippen LogP contribution in [0.5, 0.6) is 0 Å². The van der Waals surface area contributed by atoms with Crippen LogP contribution in [0.15, 0.2) is 30.5 Å². The number of guanidine groups is 2. The molecule has 26 nitrogen and oxygen atoms in total. The fraction of sp³-hybridized carbons (Fsp3) is 0.708. The maximum atomic E-state index is 14.8. The van der Waals surface area contributed by atoms with Gasteiger partial charge in [-0.15, -0.1) is 0 Å². The lowest BCUT2D eigenvalue weighted by molar-refractivity contribution is -0.136. The molecule has 9 atom stereocenters. The maximum Gasteiger partial charge on any atom is 0.243 e. The van der Waals surface area contributed by atoms with Crippen LogP contribution in [-0.4, -0.2) is 150 Å². The predicted molar refractivity (Wildman–Crippen MR) is 366 cm³/mol. The lowest BCUT2D eigenvalue weighted by Gasteiger charge is -2.28. The van der Waals surface area contributed by atoms with E-state index in [0.717, 1.165) is 36.6 Å². The van der Waals surface area contributed by atoms with Crippen LogP contribution in [-0.2, 0) is 49.6 Å². The van der Waals surface area contributed by atoms with Crippen LogP contribution < -0.4 is 76.1 Å². The van der Waals surface area contributed by atoms with Gasteiger partial charge in [-0.25, -0.2) is 0 Å². The van der Waals surface area contributed by atoms with Crippen LogP contribution in [0.2, 0.25) is 0 Å². The summed E-state index contributed by atoms with van der Waals surface area (Å²) in [6, 6.07) is -2.16. The minimum atomic E-state index is -1.35. The number of para-hydroxylation sites is 1. The predicted octanol–water partition coefficient (Wildman–Crippen LogP) is 4.08. The number of hydrogen-bond acceptors (Lipinski definition) is 13. The monoisotopic (exact) mass is 1310 g/mol. The standard InChI is InChI=1S/C65H115N17O9S/c1-8-10-11-12-13-14-15-16-17-18-19-20-21-33-54(83)76-48(31-26-36-72-64(68)69)59(87)80-52(39-42(3)4)62(90)78-50(32-27-37-73-65(70)71)60(88)77-49(30-24-25-35-66)61(89)81-53(40-45-41-74-47-29-23-22-28-46(45)47)63(91)79-51(34-38-92-7)58(86)75-44(6)57(85)82-55(56(67)84)43(5)9-2/h22-23,28-29,41-44,48-53,55,74H,8-21,24-27,30-40,66H2,1-7H3,(H2,67,84)(H,75,86)(H,76,83)(H,77,88)(H,78,90)(H,79,91)(H,80,87)(H,81,89)(H,82,85)(H4,68,69,72)(H4,70,71,73)/t43-,44-,48-,49-,50-,51-,52-,53-,55-/m0/s1. The summed E-state index contributed by atoms with van der Waals surface area (Å²) in [5.41, 5.74) is 24.0. The number of amides is 9. The summed E-state index contributed by atoms with van der Waals surface area (Å²) < 4.78 is 0. The first-order valence-corrected chi connectivity index (χ1v) is 35.0. The zero-order valence-corrected chi connectivity index (χ0v) is 56.9. The molecule has 2 rings (SSSR count). The molecule has 0 fully saturated rings. The van der Waals surface area contributed by atoms with E-state index in [9.17, 15) is 43.2 Å². The fourth-order valence-electron chi connectivity index (χ4n) is 10.6. The molecule has 9 amide bonds. The second kappa shape index (κ2) is 46.8. The highest BCUT2D eigenvalue weighted by molar-refractivity contribution is 7.98. The Morgan fingerprint density at radius 3 is 1.48 bits per heavy atom. The lowest BCUT2D eigenvalue weighted by Crippen LogP contribution is -2.60. The van der Waals surface area contributed by atoms with E-state index >= 15 is 0 Å². The number of aromatic amines is 1. The summed E-state index contributed by atoms with van der Waals surface area (Å²) in [7, 11) is 0. The van der Waals surface area contributed by atoms with Crippen LogP contribution in [0.3, 0.4) is 0 Å². The van der Waals surface area contributed by atoms with Crippen molar-refractivity contribution in [3.05, 3.63) is 36.0 Å². The maximum absolute atomic E-state index is 14.8. The highest BCUT2D eigenvalue weighted by Crippen LogP contribution is 2.21. The molecule has 0 aliphatic rings. The van der Waals surface area contributed by atoms with Crippen molar-refractivity contribution < 1.29 is 43.2 Å². The number of fused-ring (bicyclic) bond motifs is 1. The average molecular weight is 1310 g/mol. The van der Waals surface area contributed by atoms with Crippen molar-refractivity contribution in [3.63, 3.8) is 0 Å². The number of nitrogens with one attached hydrogen (secondary N) is 13. The molecular formula is C65H115N17O9S. The topological polar surface area (TPSA) is 441 Å². The number of benzene rings is 1. The third-order valence-corrected chi connectivity index (χ3v) is 16.9. The van der Waals surface area contributed by atoms with Crippen LogP contribution in [0.25, 0.3) is 10.9 Å². The lowest BCUT2D eigenvalue weighted by atomic mass is 9.98. The number of carbonyl (C=O) groups is 9. The number of hydrogen-bond donors (Lipinski definition) is 17. The second-order valence-electron chi connectivity index (χ2n) is 24.6. The number of H-pyrrole nitrogens is 1. The number of carbonyl (C=O) groups excluding carboxylic acids is 9. The van der Waals surface area contributed by atoms with Gasteiger partial charge in [-0.1, -0.05) is 136 Å². The van der Waals surface area contributed by atoms with Crippen LogP contribution in [0, 0.1) is 22.7 Å². The molecule has 0 spiro atoms. The summed E-state index contributed by atoms with van der Waals surface area (Å²) in [4.78, 5) is 129. The van der Waals surface area contributed by atoms with Crippen molar-refractivity contribution in [3.8, 4) is 0 Å². The Hall–Kier alpha value is -7.16.